The Bertz CT molecular complexity index is 1140. The zero-order chi connectivity index (χ0) is 23.7. The fourth-order valence-electron chi connectivity index (χ4n) is 5.13. The van der Waals surface area contributed by atoms with Gasteiger partial charge < -0.3 is 19.5 Å². The molecule has 2 atom stereocenters. The Morgan fingerprint density at radius 1 is 1.09 bits per heavy atom. The minimum atomic E-state index is -0.235. The Morgan fingerprint density at radius 2 is 1.85 bits per heavy atom. The maximum absolute atomic E-state index is 13.6. The van der Waals surface area contributed by atoms with E-state index in [1.54, 1.807) is 0 Å². The van der Waals surface area contributed by atoms with Crippen LogP contribution in [0.25, 0.3) is 5.69 Å². The second-order valence-electron chi connectivity index (χ2n) is 8.91. The van der Waals surface area contributed by atoms with Crippen molar-refractivity contribution in [3.8, 4) is 5.69 Å². The number of aryl methyl sites for hydroxylation is 1. The smallest absolute Gasteiger partial charge is 0.170 e. The zero-order valence-corrected chi connectivity index (χ0v) is 20.4. The maximum Gasteiger partial charge on any atom is 0.170 e. The second-order valence-corrected chi connectivity index (χ2v) is 9.30. The van der Waals surface area contributed by atoms with Gasteiger partial charge in [0.1, 0.15) is 5.82 Å². The molecule has 0 radical (unpaired) electrons. The molecule has 1 aromatic carbocycles. The summed E-state index contributed by atoms with van der Waals surface area (Å²) in [6.45, 7) is 9.41. The minimum absolute atomic E-state index is 0.00355. The van der Waals surface area contributed by atoms with E-state index in [1.165, 1.54) is 17.7 Å². The van der Waals surface area contributed by atoms with Gasteiger partial charge >= 0.3 is 0 Å². The number of pyridine rings is 1. The van der Waals surface area contributed by atoms with Gasteiger partial charge in [-0.05, 0) is 74.1 Å². The number of aromatic nitrogens is 2. The average Bonchev–Trinajstić information content (AvgIpc) is 3.34. The van der Waals surface area contributed by atoms with Crippen molar-refractivity contribution in [3.63, 3.8) is 0 Å². The lowest BCUT2D eigenvalue weighted by molar-refractivity contribution is 0.0350. The molecule has 8 heteroatoms. The number of nitrogens with one attached hydrogen (secondary N) is 1. The molecule has 6 nitrogen and oxygen atoms in total. The maximum atomic E-state index is 13.6. The molecule has 34 heavy (non-hydrogen) atoms. The number of hydrogen-bond acceptors (Lipinski definition) is 4. The van der Waals surface area contributed by atoms with Gasteiger partial charge in [-0.25, -0.2) is 4.39 Å². The lowest BCUT2D eigenvalue weighted by atomic mass is 9.96. The van der Waals surface area contributed by atoms with Crippen LogP contribution in [0.4, 0.5) is 4.39 Å². The summed E-state index contributed by atoms with van der Waals surface area (Å²) in [6, 6.07) is 14.8. The van der Waals surface area contributed by atoms with Crippen LogP contribution in [0, 0.1) is 19.7 Å². The Hall–Kier alpha value is -2.81. The van der Waals surface area contributed by atoms with Gasteiger partial charge in [0.2, 0.25) is 0 Å². The Labute approximate surface area is 205 Å². The van der Waals surface area contributed by atoms with E-state index in [2.05, 4.69) is 50.6 Å². The largest absolute Gasteiger partial charge is 0.379 e. The van der Waals surface area contributed by atoms with Crippen molar-refractivity contribution in [2.45, 2.75) is 25.9 Å². The van der Waals surface area contributed by atoms with Gasteiger partial charge in [-0.1, -0.05) is 6.07 Å². The molecule has 0 spiro atoms. The van der Waals surface area contributed by atoms with E-state index in [4.69, 9.17) is 17.0 Å². The molecular weight excluding hydrogens is 449 g/mol. The standard InChI is InChI=1S/C26H30FN5OS/c1-18-17-22(19(2)32(18)21-8-6-20(27)7-9-21)25-24(23-5-3-4-10-28-23)29-26(34)31(25)12-11-30-13-15-33-16-14-30/h3-10,17,24-25H,11-16H2,1-2H3,(H,29,34)/t24-,25-/m1/s1. The van der Waals surface area contributed by atoms with Gasteiger partial charge in [-0.2, -0.15) is 0 Å². The van der Waals surface area contributed by atoms with Gasteiger partial charge in [0, 0.05) is 49.5 Å². The number of ether oxygens (including phenoxy) is 1. The van der Waals surface area contributed by atoms with E-state index in [-0.39, 0.29) is 17.9 Å². The molecule has 4 heterocycles. The highest BCUT2D eigenvalue weighted by molar-refractivity contribution is 7.80. The number of rotatable bonds is 6. The molecule has 0 saturated carbocycles. The van der Waals surface area contributed by atoms with E-state index < -0.39 is 0 Å². The highest BCUT2D eigenvalue weighted by Gasteiger charge is 2.41. The van der Waals surface area contributed by atoms with Crippen molar-refractivity contribution in [1.82, 2.24) is 24.7 Å². The third-order valence-electron chi connectivity index (χ3n) is 6.83. The molecule has 2 aliphatic rings. The fraction of sp³-hybridized carbons (Fsp3) is 0.385. The van der Waals surface area contributed by atoms with Crippen LogP contribution in [-0.4, -0.2) is 63.9 Å². The van der Waals surface area contributed by atoms with Gasteiger partial charge in [0.05, 0.1) is 31.0 Å². The van der Waals surface area contributed by atoms with Crippen LogP contribution >= 0.6 is 12.2 Å². The van der Waals surface area contributed by atoms with E-state index in [0.29, 0.717) is 0 Å². The summed E-state index contributed by atoms with van der Waals surface area (Å²) in [5, 5.41) is 4.30. The summed E-state index contributed by atoms with van der Waals surface area (Å²) in [5.41, 5.74) is 5.34. The van der Waals surface area contributed by atoms with Crippen LogP contribution in [0.15, 0.2) is 54.7 Å². The number of benzene rings is 1. The number of thiocarbonyl (C=S) groups is 1. The van der Waals surface area contributed by atoms with Gasteiger partial charge in [-0.3, -0.25) is 9.88 Å². The first-order valence-electron chi connectivity index (χ1n) is 11.8. The molecule has 178 valence electrons. The molecule has 1 N–H and O–H groups in total. The topological polar surface area (TPSA) is 45.6 Å². The Morgan fingerprint density at radius 3 is 2.56 bits per heavy atom. The average molecular weight is 480 g/mol. The lowest BCUT2D eigenvalue weighted by Crippen LogP contribution is -2.42. The first kappa shape index (κ1) is 23.0. The quantitative estimate of drug-likeness (QED) is 0.541. The predicted octanol–water partition coefficient (Wildman–Crippen LogP) is 3.93. The molecule has 5 rings (SSSR count). The van der Waals surface area contributed by atoms with E-state index >= 15 is 0 Å². The van der Waals surface area contributed by atoms with E-state index in [9.17, 15) is 4.39 Å². The number of nitrogens with zero attached hydrogens (tertiary/aromatic N) is 4. The summed E-state index contributed by atoms with van der Waals surface area (Å²) < 4.78 is 21.3. The molecule has 0 amide bonds. The predicted molar refractivity (Wildman–Crippen MR) is 135 cm³/mol. The lowest BCUT2D eigenvalue weighted by Gasteiger charge is -2.32. The first-order chi connectivity index (χ1) is 16.5. The van der Waals surface area contributed by atoms with Crippen molar-refractivity contribution in [2.75, 3.05) is 39.4 Å². The Balaban J connectivity index is 1.52. The third-order valence-corrected chi connectivity index (χ3v) is 7.18. The third kappa shape index (κ3) is 4.45. The zero-order valence-electron chi connectivity index (χ0n) is 19.6. The molecular formula is C26H30FN5OS. The molecule has 0 aliphatic carbocycles. The monoisotopic (exact) mass is 479 g/mol. The molecule has 0 unspecified atom stereocenters. The van der Waals surface area contributed by atoms with Gasteiger partial charge in [0.25, 0.3) is 0 Å². The van der Waals surface area contributed by atoms with Crippen molar-refractivity contribution >= 4 is 17.3 Å². The summed E-state index contributed by atoms with van der Waals surface area (Å²) in [5.74, 6) is -0.235. The second kappa shape index (κ2) is 9.82. The van der Waals surface area contributed by atoms with Crippen molar-refractivity contribution in [3.05, 3.63) is 83.2 Å². The number of hydrogen-bond donors (Lipinski definition) is 1. The van der Waals surface area contributed by atoms with Gasteiger partial charge in [0.15, 0.2) is 5.11 Å². The van der Waals surface area contributed by atoms with E-state index in [0.717, 1.165) is 67.3 Å². The van der Waals surface area contributed by atoms with Crippen LogP contribution in [0.5, 0.6) is 0 Å². The van der Waals surface area contributed by atoms with Crippen LogP contribution < -0.4 is 5.32 Å². The van der Waals surface area contributed by atoms with Crippen LogP contribution in [0.2, 0.25) is 0 Å². The SMILES string of the molecule is Cc1cc([C@@H]2[C@@H](c3ccccn3)NC(=S)N2CCN2CCOCC2)c(C)n1-c1ccc(F)cc1. The number of morpholine rings is 1. The molecule has 2 aromatic heterocycles. The molecule has 2 saturated heterocycles. The van der Waals surface area contributed by atoms with Crippen LogP contribution in [-0.2, 0) is 4.74 Å². The number of halogens is 1. The highest BCUT2D eigenvalue weighted by Crippen LogP contribution is 2.41. The summed E-state index contributed by atoms with van der Waals surface area (Å²) in [7, 11) is 0. The first-order valence-corrected chi connectivity index (χ1v) is 12.2. The normalized spacial score (nSPS) is 21.1. The van der Waals surface area contributed by atoms with Crippen molar-refractivity contribution in [2.24, 2.45) is 0 Å². The minimum Gasteiger partial charge on any atom is -0.379 e. The van der Waals surface area contributed by atoms with Crippen molar-refractivity contribution < 1.29 is 9.13 Å². The Kier molecular flexibility index (Phi) is 6.63. The summed E-state index contributed by atoms with van der Waals surface area (Å²) in [6.07, 6.45) is 1.83. The molecule has 0 bridgehead atoms. The van der Waals surface area contributed by atoms with Gasteiger partial charge in [-0.15, -0.1) is 0 Å². The summed E-state index contributed by atoms with van der Waals surface area (Å²) >= 11 is 5.85. The van der Waals surface area contributed by atoms with Crippen molar-refractivity contribution in [1.29, 1.82) is 0 Å². The van der Waals surface area contributed by atoms with E-state index in [1.807, 2.05) is 30.5 Å². The van der Waals surface area contributed by atoms with Crippen LogP contribution in [0.1, 0.15) is 34.7 Å². The molecule has 3 aromatic rings. The fourth-order valence-corrected chi connectivity index (χ4v) is 5.47. The molecule has 2 fully saturated rings. The molecule has 2 aliphatic heterocycles. The highest BCUT2D eigenvalue weighted by atomic mass is 32.1. The van der Waals surface area contributed by atoms with Crippen LogP contribution in [0.3, 0.4) is 0 Å². The summed E-state index contributed by atoms with van der Waals surface area (Å²) in [4.78, 5) is 9.39.